The quantitative estimate of drug-likeness (QED) is 0.862. The molecule has 1 aromatic rings. The van der Waals surface area contributed by atoms with E-state index in [2.05, 4.69) is 15.4 Å². The van der Waals surface area contributed by atoms with Crippen LogP contribution in [0.3, 0.4) is 0 Å². The number of likely N-dealkylation sites (N-methyl/N-ethyl adjacent to an activating group) is 2. The summed E-state index contributed by atoms with van der Waals surface area (Å²) in [5, 5.41) is 9.39. The molecule has 0 bridgehead atoms. The smallest absolute Gasteiger partial charge is 0.277 e. The highest BCUT2D eigenvalue weighted by molar-refractivity contribution is 6.32. The number of aromatic amines is 1. The zero-order chi connectivity index (χ0) is 17.0. The van der Waals surface area contributed by atoms with E-state index in [1.807, 2.05) is 0 Å². The van der Waals surface area contributed by atoms with Crippen LogP contribution in [0.1, 0.15) is 23.3 Å². The van der Waals surface area contributed by atoms with Crippen molar-refractivity contribution in [1.82, 2.24) is 25.2 Å². The van der Waals surface area contributed by atoms with Crippen LogP contribution in [-0.2, 0) is 4.79 Å². The lowest BCUT2D eigenvalue weighted by atomic mass is 10.2. The van der Waals surface area contributed by atoms with Gasteiger partial charge in [0, 0.05) is 27.2 Å². The summed E-state index contributed by atoms with van der Waals surface area (Å²) >= 11 is 5.71. The highest BCUT2D eigenvalue weighted by Crippen LogP contribution is 2.80. The number of nitrogens with zero attached hydrogens (tertiary/aromatic N) is 4. The Labute approximate surface area is 135 Å². The SMILES string of the molecule is CN(CCN(C)C(=O)C1C(F)(F)C12CC2)C(=O)c1n[nH]nc1Cl. The number of nitrogens with one attached hydrogen (secondary N) is 1. The lowest BCUT2D eigenvalue weighted by molar-refractivity contribution is -0.133. The van der Waals surface area contributed by atoms with Gasteiger partial charge in [-0.15, -0.1) is 10.2 Å². The number of hydrogen-bond donors (Lipinski definition) is 1. The van der Waals surface area contributed by atoms with Crippen LogP contribution in [0.2, 0.25) is 5.15 Å². The van der Waals surface area contributed by atoms with E-state index < -0.39 is 29.1 Å². The molecule has 2 aliphatic carbocycles. The number of carbonyl (C=O) groups excluding carboxylic acids is 2. The van der Waals surface area contributed by atoms with Gasteiger partial charge in [0.2, 0.25) is 5.91 Å². The molecule has 1 atom stereocenters. The third-order valence-corrected chi connectivity index (χ3v) is 5.00. The molecule has 2 fully saturated rings. The van der Waals surface area contributed by atoms with Crippen LogP contribution < -0.4 is 0 Å². The second kappa shape index (κ2) is 5.12. The molecular weight excluding hydrogens is 332 g/mol. The fourth-order valence-corrected chi connectivity index (χ4v) is 3.09. The van der Waals surface area contributed by atoms with Gasteiger partial charge in [-0.2, -0.15) is 5.21 Å². The van der Waals surface area contributed by atoms with Gasteiger partial charge in [0.1, 0.15) is 5.92 Å². The van der Waals surface area contributed by atoms with Gasteiger partial charge in [0.25, 0.3) is 11.8 Å². The predicted octanol–water partition coefficient (Wildman–Crippen LogP) is 1.03. The number of alkyl halides is 2. The topological polar surface area (TPSA) is 82.2 Å². The van der Waals surface area contributed by atoms with Crippen molar-refractivity contribution in [1.29, 1.82) is 0 Å². The van der Waals surface area contributed by atoms with E-state index in [9.17, 15) is 18.4 Å². The summed E-state index contributed by atoms with van der Waals surface area (Å²) in [5.74, 6) is -5.10. The average Bonchev–Trinajstić information content (AvgIpc) is 3.31. The first-order valence-electron chi connectivity index (χ1n) is 7.17. The van der Waals surface area contributed by atoms with Crippen molar-refractivity contribution in [3.8, 4) is 0 Å². The van der Waals surface area contributed by atoms with Gasteiger partial charge >= 0.3 is 0 Å². The molecule has 0 radical (unpaired) electrons. The molecule has 0 saturated heterocycles. The summed E-state index contributed by atoms with van der Waals surface area (Å²) < 4.78 is 27.3. The van der Waals surface area contributed by atoms with Crippen LogP contribution in [0.15, 0.2) is 0 Å². The van der Waals surface area contributed by atoms with Gasteiger partial charge in [-0.25, -0.2) is 8.78 Å². The van der Waals surface area contributed by atoms with Crippen LogP contribution in [0.4, 0.5) is 8.78 Å². The minimum absolute atomic E-state index is 0.0196. The maximum Gasteiger partial charge on any atom is 0.277 e. The highest BCUT2D eigenvalue weighted by atomic mass is 35.5. The maximum atomic E-state index is 13.7. The van der Waals surface area contributed by atoms with Crippen molar-refractivity contribution < 1.29 is 18.4 Å². The number of rotatable bonds is 5. The molecule has 1 heterocycles. The molecule has 2 amide bonds. The van der Waals surface area contributed by atoms with Crippen LogP contribution in [0.5, 0.6) is 0 Å². The third-order valence-electron chi connectivity index (χ3n) is 4.73. The van der Waals surface area contributed by atoms with E-state index in [-0.39, 0.29) is 23.9 Å². The van der Waals surface area contributed by atoms with E-state index in [1.165, 1.54) is 23.9 Å². The molecule has 1 spiro atoms. The summed E-state index contributed by atoms with van der Waals surface area (Å²) in [6.45, 7) is 0.328. The number of carbonyl (C=O) groups is 2. The summed E-state index contributed by atoms with van der Waals surface area (Å²) in [4.78, 5) is 26.8. The lowest BCUT2D eigenvalue weighted by Gasteiger charge is -2.22. The Bertz CT molecular complexity index is 657. The Kier molecular flexibility index (Phi) is 3.58. The monoisotopic (exact) mass is 347 g/mol. The first-order chi connectivity index (χ1) is 10.7. The Morgan fingerprint density at radius 1 is 1.26 bits per heavy atom. The maximum absolute atomic E-state index is 13.7. The van der Waals surface area contributed by atoms with Crippen molar-refractivity contribution in [2.45, 2.75) is 18.8 Å². The number of halogens is 3. The fraction of sp³-hybridized carbons (Fsp3) is 0.692. The van der Waals surface area contributed by atoms with Crippen molar-refractivity contribution in [3.63, 3.8) is 0 Å². The van der Waals surface area contributed by atoms with E-state index in [0.717, 1.165) is 0 Å². The second-order valence-electron chi connectivity index (χ2n) is 6.16. The summed E-state index contributed by atoms with van der Waals surface area (Å²) in [5.41, 5.74) is -1.09. The summed E-state index contributed by atoms with van der Waals surface area (Å²) in [6.07, 6.45) is 0.820. The zero-order valence-corrected chi connectivity index (χ0v) is 13.4. The zero-order valence-electron chi connectivity index (χ0n) is 12.6. The summed E-state index contributed by atoms with van der Waals surface area (Å²) in [7, 11) is 2.98. The first-order valence-corrected chi connectivity index (χ1v) is 7.54. The average molecular weight is 348 g/mol. The van der Waals surface area contributed by atoms with E-state index >= 15 is 0 Å². The molecule has 1 unspecified atom stereocenters. The Balaban J connectivity index is 1.53. The van der Waals surface area contributed by atoms with E-state index in [1.54, 1.807) is 0 Å². The highest BCUT2D eigenvalue weighted by Gasteiger charge is 2.89. The molecule has 10 heteroatoms. The van der Waals surface area contributed by atoms with E-state index in [4.69, 9.17) is 11.6 Å². The molecule has 3 rings (SSSR count). The number of amides is 2. The molecule has 23 heavy (non-hydrogen) atoms. The molecule has 2 saturated carbocycles. The van der Waals surface area contributed by atoms with Gasteiger partial charge < -0.3 is 9.80 Å². The number of aromatic nitrogens is 3. The Hall–Kier alpha value is -1.77. The summed E-state index contributed by atoms with van der Waals surface area (Å²) in [6, 6.07) is 0. The number of hydrogen-bond acceptors (Lipinski definition) is 4. The predicted molar refractivity (Wildman–Crippen MR) is 76.1 cm³/mol. The lowest BCUT2D eigenvalue weighted by Crippen LogP contribution is -2.38. The van der Waals surface area contributed by atoms with E-state index in [0.29, 0.717) is 12.8 Å². The van der Waals surface area contributed by atoms with Crippen molar-refractivity contribution >= 4 is 23.4 Å². The molecule has 1 aromatic heterocycles. The van der Waals surface area contributed by atoms with Gasteiger partial charge in [-0.3, -0.25) is 9.59 Å². The van der Waals surface area contributed by atoms with Crippen LogP contribution in [-0.4, -0.2) is 70.1 Å². The van der Waals surface area contributed by atoms with Gasteiger partial charge in [-0.05, 0) is 12.8 Å². The largest absolute Gasteiger partial charge is 0.344 e. The fourth-order valence-electron chi connectivity index (χ4n) is 2.92. The standard InChI is InChI=1S/C13H16ClF2N5O2/c1-20(10(22)7-9(14)18-19-17-7)5-6-21(2)11(23)8-12(3-4-12)13(8,15)16/h8H,3-6H2,1-2H3,(H,17,18,19). The minimum atomic E-state index is -2.88. The van der Waals surface area contributed by atoms with Crippen LogP contribution >= 0.6 is 11.6 Å². The molecular formula is C13H16ClF2N5O2. The molecule has 1 N–H and O–H groups in total. The van der Waals surface area contributed by atoms with Crippen molar-refractivity contribution in [2.75, 3.05) is 27.2 Å². The Morgan fingerprint density at radius 2 is 1.87 bits per heavy atom. The van der Waals surface area contributed by atoms with Gasteiger partial charge in [0.15, 0.2) is 10.8 Å². The first kappa shape index (κ1) is 16.1. The van der Waals surface area contributed by atoms with Gasteiger partial charge in [0.05, 0.1) is 5.41 Å². The molecule has 0 aromatic carbocycles. The molecule has 126 valence electrons. The Morgan fingerprint density at radius 3 is 2.35 bits per heavy atom. The number of H-pyrrole nitrogens is 1. The molecule has 2 aliphatic rings. The van der Waals surface area contributed by atoms with Crippen molar-refractivity contribution in [2.24, 2.45) is 11.3 Å². The van der Waals surface area contributed by atoms with Gasteiger partial charge in [-0.1, -0.05) is 11.6 Å². The van der Waals surface area contributed by atoms with Crippen LogP contribution in [0, 0.1) is 11.3 Å². The third kappa shape index (κ3) is 2.37. The normalized spacial score (nSPS) is 22.7. The minimum Gasteiger partial charge on any atom is -0.344 e. The second-order valence-corrected chi connectivity index (χ2v) is 6.52. The van der Waals surface area contributed by atoms with Crippen LogP contribution in [0.25, 0.3) is 0 Å². The molecule has 0 aliphatic heterocycles. The van der Waals surface area contributed by atoms with Crippen molar-refractivity contribution in [3.05, 3.63) is 10.8 Å². The molecule has 7 nitrogen and oxygen atoms in total.